The number of hydrogen-bond donors (Lipinski definition) is 2. The zero-order valence-corrected chi connectivity index (χ0v) is 10.3. The summed E-state index contributed by atoms with van der Waals surface area (Å²) < 4.78 is 0.990. The fourth-order valence-corrected chi connectivity index (χ4v) is 2.30. The van der Waals surface area contributed by atoms with Gasteiger partial charge in [-0.05, 0) is 34.5 Å². The highest BCUT2D eigenvalue weighted by Crippen LogP contribution is 2.24. The van der Waals surface area contributed by atoms with Gasteiger partial charge in [-0.25, -0.2) is 0 Å². The van der Waals surface area contributed by atoms with Gasteiger partial charge in [0.2, 0.25) is 5.91 Å². The van der Waals surface area contributed by atoms with E-state index in [0.717, 1.165) is 9.47 Å². The maximum atomic E-state index is 11.4. The number of carbonyl (C=O) groups excluding carboxylic acids is 1. The molecule has 3 nitrogen and oxygen atoms in total. The molecule has 0 bridgehead atoms. The van der Waals surface area contributed by atoms with E-state index in [1.54, 1.807) is 0 Å². The van der Waals surface area contributed by atoms with Crippen LogP contribution >= 0.6 is 27.3 Å². The lowest BCUT2D eigenvalue weighted by Crippen LogP contribution is -2.19. The van der Waals surface area contributed by atoms with Gasteiger partial charge in [-0.15, -0.1) is 11.3 Å². The molecule has 1 atom stereocenters. The van der Waals surface area contributed by atoms with E-state index in [1.165, 1.54) is 11.3 Å². The molecular formula is C9H13BrN2OS. The van der Waals surface area contributed by atoms with Crippen LogP contribution in [0.2, 0.25) is 0 Å². The normalized spacial score (nSPS) is 12.5. The molecule has 1 aromatic rings. The molecule has 0 aliphatic heterocycles. The summed E-state index contributed by atoms with van der Waals surface area (Å²) in [6, 6.07) is 1.88. The highest BCUT2D eigenvalue weighted by Gasteiger charge is 2.08. The van der Waals surface area contributed by atoms with Gasteiger partial charge < -0.3 is 11.1 Å². The van der Waals surface area contributed by atoms with Gasteiger partial charge >= 0.3 is 0 Å². The number of nitrogens with one attached hydrogen (secondary N) is 1. The topological polar surface area (TPSA) is 55.1 Å². The van der Waals surface area contributed by atoms with Crippen molar-refractivity contribution in [3.63, 3.8) is 0 Å². The lowest BCUT2D eigenvalue weighted by molar-refractivity contribution is -0.116. The highest BCUT2D eigenvalue weighted by molar-refractivity contribution is 9.10. The van der Waals surface area contributed by atoms with Gasteiger partial charge in [0.25, 0.3) is 0 Å². The van der Waals surface area contributed by atoms with Gasteiger partial charge in [0.05, 0.1) is 5.00 Å². The van der Waals surface area contributed by atoms with Crippen molar-refractivity contribution in [1.82, 2.24) is 0 Å². The molecule has 3 N–H and O–H groups in total. The van der Waals surface area contributed by atoms with Crippen LogP contribution in [0.4, 0.5) is 5.00 Å². The molecule has 1 unspecified atom stereocenters. The average Bonchev–Trinajstić information content (AvgIpc) is 2.50. The number of carbonyl (C=O) groups is 1. The molecule has 1 rings (SSSR count). The molecule has 1 heterocycles. The Kier molecular flexibility index (Phi) is 4.57. The molecule has 78 valence electrons. The summed E-state index contributed by atoms with van der Waals surface area (Å²) in [4.78, 5) is 11.4. The lowest BCUT2D eigenvalue weighted by Gasteiger charge is -2.07. The Morgan fingerprint density at radius 2 is 2.50 bits per heavy atom. The Labute approximate surface area is 95.8 Å². The van der Waals surface area contributed by atoms with Crippen molar-refractivity contribution in [1.29, 1.82) is 0 Å². The van der Waals surface area contributed by atoms with E-state index in [1.807, 2.05) is 18.4 Å². The van der Waals surface area contributed by atoms with Gasteiger partial charge in [0, 0.05) is 16.3 Å². The largest absolute Gasteiger partial charge is 0.330 e. The molecule has 0 saturated heterocycles. The van der Waals surface area contributed by atoms with E-state index in [4.69, 9.17) is 5.73 Å². The van der Waals surface area contributed by atoms with Gasteiger partial charge in [-0.3, -0.25) is 4.79 Å². The third kappa shape index (κ3) is 3.77. The van der Waals surface area contributed by atoms with E-state index in [2.05, 4.69) is 21.2 Å². The minimum absolute atomic E-state index is 0.0253. The Hall–Kier alpha value is -0.390. The maximum Gasteiger partial charge on any atom is 0.225 e. The van der Waals surface area contributed by atoms with Crippen LogP contribution in [0.5, 0.6) is 0 Å². The highest BCUT2D eigenvalue weighted by atomic mass is 79.9. The molecule has 5 heteroatoms. The minimum Gasteiger partial charge on any atom is -0.330 e. The van der Waals surface area contributed by atoms with Crippen LogP contribution in [0.3, 0.4) is 0 Å². The third-order valence-corrected chi connectivity index (χ3v) is 3.37. The molecule has 0 aliphatic carbocycles. The lowest BCUT2D eigenvalue weighted by atomic mass is 10.1. The summed E-state index contributed by atoms with van der Waals surface area (Å²) >= 11 is 4.83. The zero-order valence-electron chi connectivity index (χ0n) is 7.92. The number of hydrogen-bond acceptors (Lipinski definition) is 3. The number of anilines is 1. The zero-order chi connectivity index (χ0) is 10.6. The molecule has 0 aromatic carbocycles. The summed E-state index contributed by atoms with van der Waals surface area (Å²) in [5.74, 6) is 0.260. The van der Waals surface area contributed by atoms with Crippen LogP contribution < -0.4 is 11.1 Å². The molecule has 1 aromatic heterocycles. The number of rotatable bonds is 4. The predicted molar refractivity (Wildman–Crippen MR) is 63.5 cm³/mol. The van der Waals surface area contributed by atoms with Crippen LogP contribution in [-0.4, -0.2) is 12.5 Å². The third-order valence-electron chi connectivity index (χ3n) is 1.77. The van der Waals surface area contributed by atoms with Gasteiger partial charge in [-0.2, -0.15) is 0 Å². The number of amides is 1. The summed E-state index contributed by atoms with van der Waals surface area (Å²) in [5, 5.41) is 5.62. The maximum absolute atomic E-state index is 11.4. The Morgan fingerprint density at radius 3 is 3.00 bits per heavy atom. The standard InChI is InChI=1S/C9H13BrN2OS/c1-6(4-11)2-8(13)12-9-3-7(10)5-14-9/h3,5-6H,2,4,11H2,1H3,(H,12,13). The van der Waals surface area contributed by atoms with Gasteiger partial charge in [0.15, 0.2) is 0 Å². The smallest absolute Gasteiger partial charge is 0.225 e. The van der Waals surface area contributed by atoms with Crippen molar-refractivity contribution in [2.75, 3.05) is 11.9 Å². The monoisotopic (exact) mass is 276 g/mol. The first-order chi connectivity index (χ1) is 6.61. The SMILES string of the molecule is CC(CN)CC(=O)Nc1cc(Br)cs1. The van der Waals surface area contributed by atoms with E-state index >= 15 is 0 Å². The van der Waals surface area contributed by atoms with Crippen LogP contribution in [-0.2, 0) is 4.79 Å². The number of nitrogens with two attached hydrogens (primary N) is 1. The summed E-state index contributed by atoms with van der Waals surface area (Å²) in [6.45, 7) is 2.51. The first kappa shape index (κ1) is 11.7. The second-order valence-electron chi connectivity index (χ2n) is 3.22. The van der Waals surface area contributed by atoms with E-state index in [-0.39, 0.29) is 11.8 Å². The summed E-state index contributed by atoms with van der Waals surface area (Å²) in [7, 11) is 0. The Morgan fingerprint density at radius 1 is 1.79 bits per heavy atom. The summed E-state index contributed by atoms with van der Waals surface area (Å²) in [6.07, 6.45) is 0.478. The van der Waals surface area contributed by atoms with Gasteiger partial charge in [-0.1, -0.05) is 6.92 Å². The molecular weight excluding hydrogens is 264 g/mol. The van der Waals surface area contributed by atoms with E-state index < -0.39 is 0 Å². The molecule has 0 radical (unpaired) electrons. The van der Waals surface area contributed by atoms with E-state index in [9.17, 15) is 4.79 Å². The molecule has 0 spiro atoms. The molecule has 0 saturated carbocycles. The quantitative estimate of drug-likeness (QED) is 0.888. The van der Waals surface area contributed by atoms with Crippen LogP contribution in [0.25, 0.3) is 0 Å². The molecule has 1 amide bonds. The Bertz CT molecular complexity index is 314. The van der Waals surface area contributed by atoms with Crippen molar-refractivity contribution in [2.24, 2.45) is 11.7 Å². The van der Waals surface area contributed by atoms with Crippen molar-refractivity contribution >= 4 is 38.2 Å². The fraction of sp³-hybridized carbons (Fsp3) is 0.444. The van der Waals surface area contributed by atoms with Crippen LogP contribution in [0, 0.1) is 5.92 Å². The van der Waals surface area contributed by atoms with Crippen LogP contribution in [0.15, 0.2) is 15.9 Å². The number of halogens is 1. The summed E-state index contributed by atoms with van der Waals surface area (Å²) in [5.41, 5.74) is 5.43. The van der Waals surface area contributed by atoms with Crippen molar-refractivity contribution in [3.8, 4) is 0 Å². The second kappa shape index (κ2) is 5.48. The Balaban J connectivity index is 2.41. The van der Waals surface area contributed by atoms with Crippen molar-refractivity contribution < 1.29 is 4.79 Å². The second-order valence-corrected chi connectivity index (χ2v) is 5.05. The first-order valence-electron chi connectivity index (χ1n) is 4.35. The minimum atomic E-state index is 0.0253. The average molecular weight is 277 g/mol. The van der Waals surface area contributed by atoms with Gasteiger partial charge in [0.1, 0.15) is 0 Å². The fourth-order valence-electron chi connectivity index (χ4n) is 0.967. The first-order valence-corrected chi connectivity index (χ1v) is 6.03. The van der Waals surface area contributed by atoms with E-state index in [0.29, 0.717) is 13.0 Å². The molecule has 0 aliphatic rings. The van der Waals surface area contributed by atoms with Crippen molar-refractivity contribution in [2.45, 2.75) is 13.3 Å². The molecule has 0 fully saturated rings. The molecule has 14 heavy (non-hydrogen) atoms. The predicted octanol–water partition coefficient (Wildman–Crippen LogP) is 2.43. The number of thiophene rings is 1. The van der Waals surface area contributed by atoms with Crippen LogP contribution in [0.1, 0.15) is 13.3 Å². The van der Waals surface area contributed by atoms with Crippen molar-refractivity contribution in [3.05, 3.63) is 15.9 Å².